The highest BCUT2D eigenvalue weighted by Gasteiger charge is 2.24. The van der Waals surface area contributed by atoms with E-state index in [2.05, 4.69) is 31.0 Å². The van der Waals surface area contributed by atoms with Crippen LogP contribution in [0.4, 0.5) is 0 Å². The highest BCUT2D eigenvalue weighted by molar-refractivity contribution is 9.10. The van der Waals surface area contributed by atoms with Crippen molar-refractivity contribution in [3.8, 4) is 11.5 Å². The lowest BCUT2D eigenvalue weighted by Crippen LogP contribution is -2.38. The third-order valence-corrected chi connectivity index (χ3v) is 4.61. The smallest absolute Gasteiger partial charge is 0.248 e. The summed E-state index contributed by atoms with van der Waals surface area (Å²) in [5, 5.41) is 8.22. The van der Waals surface area contributed by atoms with E-state index in [0.29, 0.717) is 18.3 Å². The van der Waals surface area contributed by atoms with E-state index in [9.17, 15) is 4.79 Å². The van der Waals surface area contributed by atoms with Crippen LogP contribution in [0.1, 0.15) is 18.7 Å². The molecule has 2 N–H and O–H groups in total. The number of amides is 1. The lowest BCUT2D eigenvalue weighted by atomic mass is 9.96. The van der Waals surface area contributed by atoms with Crippen LogP contribution in [-0.2, 0) is 11.3 Å². The number of benzene rings is 1. The van der Waals surface area contributed by atoms with Crippen LogP contribution in [0.25, 0.3) is 11.5 Å². The molecule has 1 fully saturated rings. The van der Waals surface area contributed by atoms with Crippen molar-refractivity contribution >= 4 is 21.8 Å². The van der Waals surface area contributed by atoms with Crippen molar-refractivity contribution < 1.29 is 9.21 Å². The molecule has 3 rings (SSSR count). The largest absolute Gasteiger partial charge is 0.419 e. The summed E-state index contributed by atoms with van der Waals surface area (Å²) in [6.45, 7) is 2.24. The van der Waals surface area contributed by atoms with Crippen LogP contribution in [0, 0.1) is 5.92 Å². The molecule has 0 bridgehead atoms. The van der Waals surface area contributed by atoms with Gasteiger partial charge in [0, 0.05) is 10.4 Å². The van der Waals surface area contributed by atoms with Crippen LogP contribution in [0.5, 0.6) is 0 Å². The van der Waals surface area contributed by atoms with Gasteiger partial charge in [-0.05, 0) is 54.0 Å². The Kier molecular flexibility index (Phi) is 4.54. The zero-order valence-electron chi connectivity index (χ0n) is 12.0. The number of nitrogens with two attached hydrogens (primary N) is 1. The molecule has 1 aliphatic rings. The quantitative estimate of drug-likeness (QED) is 0.898. The van der Waals surface area contributed by atoms with Gasteiger partial charge in [0.05, 0.1) is 12.1 Å². The van der Waals surface area contributed by atoms with E-state index in [0.717, 1.165) is 36.0 Å². The molecule has 0 aliphatic carbocycles. The van der Waals surface area contributed by atoms with E-state index in [-0.39, 0.29) is 11.8 Å². The Bertz CT molecular complexity index is 665. The maximum Gasteiger partial charge on any atom is 0.248 e. The summed E-state index contributed by atoms with van der Waals surface area (Å²) in [5.74, 6) is 0.890. The molecular weight excluding hydrogens is 348 g/mol. The summed E-state index contributed by atoms with van der Waals surface area (Å²) in [4.78, 5) is 13.4. The minimum Gasteiger partial charge on any atom is -0.419 e. The summed E-state index contributed by atoms with van der Waals surface area (Å²) in [6.07, 6.45) is 1.58. The summed E-state index contributed by atoms with van der Waals surface area (Å²) in [5.41, 5.74) is 6.23. The number of hydrogen-bond donors (Lipinski definition) is 1. The van der Waals surface area contributed by atoms with E-state index in [1.54, 1.807) is 0 Å². The second kappa shape index (κ2) is 6.58. The van der Waals surface area contributed by atoms with Gasteiger partial charge in [0.1, 0.15) is 0 Å². The predicted octanol–water partition coefficient (Wildman–Crippen LogP) is 2.20. The number of carbonyl (C=O) groups excluding carboxylic acids is 1. The zero-order chi connectivity index (χ0) is 15.5. The van der Waals surface area contributed by atoms with Crippen molar-refractivity contribution in [2.24, 2.45) is 11.7 Å². The van der Waals surface area contributed by atoms with Crippen molar-refractivity contribution in [1.29, 1.82) is 0 Å². The minimum atomic E-state index is -0.200. The van der Waals surface area contributed by atoms with Crippen molar-refractivity contribution in [2.45, 2.75) is 19.4 Å². The molecule has 0 saturated carbocycles. The summed E-state index contributed by atoms with van der Waals surface area (Å²) < 4.78 is 6.67. The first-order valence-electron chi connectivity index (χ1n) is 7.22. The highest BCUT2D eigenvalue weighted by Crippen LogP contribution is 2.27. The number of aromatic nitrogens is 2. The molecule has 0 unspecified atom stereocenters. The molecule has 0 atom stereocenters. The second-order valence-electron chi connectivity index (χ2n) is 5.43. The molecule has 7 heteroatoms. The molecule has 2 heterocycles. The Morgan fingerprint density at radius 3 is 2.73 bits per heavy atom. The van der Waals surface area contributed by atoms with Gasteiger partial charge >= 0.3 is 0 Å². The maximum absolute atomic E-state index is 11.2. The Hall–Kier alpha value is -1.73. The Labute approximate surface area is 136 Å². The number of rotatable bonds is 4. The van der Waals surface area contributed by atoms with Gasteiger partial charge in [-0.25, -0.2) is 0 Å². The first kappa shape index (κ1) is 15.2. The first-order valence-corrected chi connectivity index (χ1v) is 8.02. The van der Waals surface area contributed by atoms with E-state index in [4.69, 9.17) is 10.2 Å². The summed E-state index contributed by atoms with van der Waals surface area (Å²) in [7, 11) is 0. The average molecular weight is 365 g/mol. The minimum absolute atomic E-state index is 0.00484. The molecule has 1 aromatic carbocycles. The fraction of sp³-hybridized carbons (Fsp3) is 0.400. The van der Waals surface area contributed by atoms with Gasteiger partial charge in [0.15, 0.2) is 0 Å². The number of likely N-dealkylation sites (tertiary alicyclic amines) is 1. The van der Waals surface area contributed by atoms with Crippen molar-refractivity contribution in [2.75, 3.05) is 13.1 Å². The van der Waals surface area contributed by atoms with E-state index < -0.39 is 0 Å². The third-order valence-electron chi connectivity index (χ3n) is 3.92. The normalized spacial score (nSPS) is 16.8. The molecular formula is C15H17BrN4O2. The number of halogens is 1. The first-order chi connectivity index (χ1) is 10.6. The van der Waals surface area contributed by atoms with E-state index >= 15 is 0 Å². The number of carbonyl (C=O) groups is 1. The van der Waals surface area contributed by atoms with Gasteiger partial charge in [0.2, 0.25) is 17.7 Å². The Balaban J connectivity index is 1.63. The van der Waals surface area contributed by atoms with Crippen molar-refractivity contribution in [3.63, 3.8) is 0 Å². The molecule has 6 nitrogen and oxygen atoms in total. The molecule has 0 spiro atoms. The molecule has 1 aliphatic heterocycles. The second-order valence-corrected chi connectivity index (χ2v) is 6.29. The third kappa shape index (κ3) is 3.36. The number of hydrogen-bond acceptors (Lipinski definition) is 5. The molecule has 0 radical (unpaired) electrons. The fourth-order valence-electron chi connectivity index (χ4n) is 2.63. The van der Waals surface area contributed by atoms with Crippen LogP contribution in [0.2, 0.25) is 0 Å². The molecule has 22 heavy (non-hydrogen) atoms. The van der Waals surface area contributed by atoms with Gasteiger partial charge in [-0.1, -0.05) is 12.1 Å². The van der Waals surface area contributed by atoms with Crippen LogP contribution < -0.4 is 5.73 Å². The van der Waals surface area contributed by atoms with Gasteiger partial charge < -0.3 is 10.2 Å². The van der Waals surface area contributed by atoms with Crippen LogP contribution in [0.15, 0.2) is 33.2 Å². The van der Waals surface area contributed by atoms with Crippen molar-refractivity contribution in [1.82, 2.24) is 15.1 Å². The maximum atomic E-state index is 11.2. The number of nitrogens with zero attached hydrogens (tertiary/aromatic N) is 3. The lowest BCUT2D eigenvalue weighted by Gasteiger charge is -2.29. The Morgan fingerprint density at radius 2 is 2.05 bits per heavy atom. The Morgan fingerprint density at radius 1 is 1.32 bits per heavy atom. The molecule has 1 amide bonds. The standard InChI is InChI=1S/C15H17BrN4O2/c16-12-4-2-1-3-11(12)15-19-18-13(22-15)9-20-7-5-10(6-8-20)14(17)21/h1-4,10H,5-9H2,(H2,17,21). The molecule has 2 aromatic rings. The lowest BCUT2D eigenvalue weighted by molar-refractivity contribution is -0.123. The molecule has 116 valence electrons. The van der Waals surface area contributed by atoms with Gasteiger partial charge in [-0.2, -0.15) is 0 Å². The van der Waals surface area contributed by atoms with E-state index in [1.165, 1.54) is 0 Å². The number of primary amides is 1. The van der Waals surface area contributed by atoms with Gasteiger partial charge in [-0.15, -0.1) is 10.2 Å². The topological polar surface area (TPSA) is 85.3 Å². The van der Waals surface area contributed by atoms with Crippen molar-refractivity contribution in [3.05, 3.63) is 34.6 Å². The monoisotopic (exact) mass is 364 g/mol. The SMILES string of the molecule is NC(=O)C1CCN(Cc2nnc(-c3ccccc3Br)o2)CC1. The van der Waals surface area contributed by atoms with Crippen LogP contribution in [0.3, 0.4) is 0 Å². The van der Waals surface area contributed by atoms with E-state index in [1.807, 2.05) is 24.3 Å². The van der Waals surface area contributed by atoms with Crippen LogP contribution >= 0.6 is 15.9 Å². The van der Waals surface area contributed by atoms with Gasteiger partial charge in [0.25, 0.3) is 0 Å². The average Bonchev–Trinajstić information content (AvgIpc) is 2.96. The predicted molar refractivity (Wildman–Crippen MR) is 84.6 cm³/mol. The summed E-state index contributed by atoms with van der Waals surface area (Å²) in [6, 6.07) is 7.74. The van der Waals surface area contributed by atoms with Gasteiger partial charge in [-0.3, -0.25) is 9.69 Å². The number of piperidine rings is 1. The zero-order valence-corrected chi connectivity index (χ0v) is 13.6. The molecule has 1 saturated heterocycles. The fourth-order valence-corrected chi connectivity index (χ4v) is 3.08. The highest BCUT2D eigenvalue weighted by atomic mass is 79.9. The summed E-state index contributed by atoms with van der Waals surface area (Å²) >= 11 is 3.48. The molecule has 1 aromatic heterocycles. The van der Waals surface area contributed by atoms with Crippen LogP contribution in [-0.4, -0.2) is 34.1 Å².